The lowest BCUT2D eigenvalue weighted by atomic mass is 10.1. The Bertz CT molecular complexity index is 587. The van der Waals surface area contributed by atoms with E-state index in [0.29, 0.717) is 11.1 Å². The maximum absolute atomic E-state index is 13.7. The number of aromatic nitrogens is 2. The van der Waals surface area contributed by atoms with Gasteiger partial charge >= 0.3 is 0 Å². The van der Waals surface area contributed by atoms with Gasteiger partial charge in [-0.05, 0) is 37.0 Å². The van der Waals surface area contributed by atoms with Gasteiger partial charge in [0.15, 0.2) is 0 Å². The van der Waals surface area contributed by atoms with Crippen LogP contribution in [0.15, 0.2) is 30.6 Å². The molecule has 0 amide bonds. The van der Waals surface area contributed by atoms with Crippen molar-refractivity contribution in [2.45, 2.75) is 19.4 Å². The van der Waals surface area contributed by atoms with Gasteiger partial charge in [-0.15, -0.1) is 0 Å². The number of carbonyl (C=O) groups excluding carboxylic acids is 1. The van der Waals surface area contributed by atoms with E-state index in [1.807, 2.05) is 10.9 Å². The minimum atomic E-state index is -0.327. The number of halogens is 1. The molecule has 0 unspecified atom stereocenters. The first-order chi connectivity index (χ1) is 8.76. The minimum Gasteiger partial charge on any atom is -0.298 e. The van der Waals surface area contributed by atoms with Crippen molar-refractivity contribution in [1.29, 1.82) is 0 Å². The monoisotopic (exact) mass is 244 g/mol. The van der Waals surface area contributed by atoms with Gasteiger partial charge in [0.1, 0.15) is 12.1 Å². The molecule has 18 heavy (non-hydrogen) atoms. The van der Waals surface area contributed by atoms with Crippen LogP contribution in [-0.4, -0.2) is 16.1 Å². The van der Waals surface area contributed by atoms with Crippen LogP contribution in [0.4, 0.5) is 4.39 Å². The molecule has 1 heterocycles. The van der Waals surface area contributed by atoms with Gasteiger partial charge < -0.3 is 0 Å². The molecule has 1 aromatic carbocycles. The molecule has 0 radical (unpaired) electrons. The Kier molecular flexibility index (Phi) is 2.70. The maximum atomic E-state index is 13.7. The first-order valence-electron chi connectivity index (χ1n) is 6.04. The fourth-order valence-corrected chi connectivity index (χ4v) is 2.00. The summed E-state index contributed by atoms with van der Waals surface area (Å²) in [7, 11) is 0. The molecule has 0 aliphatic heterocycles. The van der Waals surface area contributed by atoms with Crippen LogP contribution in [0.1, 0.15) is 23.2 Å². The quantitative estimate of drug-likeness (QED) is 0.775. The van der Waals surface area contributed by atoms with Gasteiger partial charge in [0.25, 0.3) is 0 Å². The Hall–Kier alpha value is -1.97. The average Bonchev–Trinajstić information content (AvgIpc) is 3.07. The standard InChI is InChI=1S/C14H13FN2O/c15-14-4-3-11(9-18)5-13(14)12-6-16-17(8-12)7-10-1-2-10/h3-6,8-10H,1-2,7H2. The van der Waals surface area contributed by atoms with E-state index in [2.05, 4.69) is 5.10 Å². The van der Waals surface area contributed by atoms with Crippen LogP contribution in [0.3, 0.4) is 0 Å². The number of rotatable bonds is 4. The molecule has 0 atom stereocenters. The van der Waals surface area contributed by atoms with Crippen molar-refractivity contribution in [3.63, 3.8) is 0 Å². The summed E-state index contributed by atoms with van der Waals surface area (Å²) >= 11 is 0. The fourth-order valence-electron chi connectivity index (χ4n) is 2.00. The number of carbonyl (C=O) groups is 1. The van der Waals surface area contributed by atoms with Crippen LogP contribution < -0.4 is 0 Å². The van der Waals surface area contributed by atoms with E-state index in [-0.39, 0.29) is 5.82 Å². The molecule has 1 fully saturated rings. The second-order valence-electron chi connectivity index (χ2n) is 4.75. The van der Waals surface area contributed by atoms with Crippen molar-refractivity contribution in [2.24, 2.45) is 5.92 Å². The van der Waals surface area contributed by atoms with E-state index in [1.54, 1.807) is 12.3 Å². The van der Waals surface area contributed by atoms with Crippen molar-refractivity contribution in [3.8, 4) is 11.1 Å². The van der Waals surface area contributed by atoms with Gasteiger partial charge in [-0.1, -0.05) is 0 Å². The third kappa shape index (κ3) is 2.18. The molecule has 0 spiro atoms. The summed E-state index contributed by atoms with van der Waals surface area (Å²) in [5.74, 6) is 0.399. The van der Waals surface area contributed by atoms with Crippen molar-refractivity contribution in [2.75, 3.05) is 0 Å². The third-order valence-corrected chi connectivity index (χ3v) is 3.21. The smallest absolute Gasteiger partial charge is 0.150 e. The Labute approximate surface area is 104 Å². The van der Waals surface area contributed by atoms with Crippen LogP contribution >= 0.6 is 0 Å². The number of hydrogen-bond acceptors (Lipinski definition) is 2. The van der Waals surface area contributed by atoms with Gasteiger partial charge in [0.2, 0.25) is 0 Å². The van der Waals surface area contributed by atoms with Crippen LogP contribution in [0, 0.1) is 11.7 Å². The second kappa shape index (κ2) is 4.37. The molecular formula is C14H13FN2O. The zero-order valence-corrected chi connectivity index (χ0v) is 9.84. The Morgan fingerprint density at radius 3 is 3.00 bits per heavy atom. The van der Waals surface area contributed by atoms with Crippen LogP contribution in [0.25, 0.3) is 11.1 Å². The molecule has 4 heteroatoms. The Balaban J connectivity index is 1.92. The third-order valence-electron chi connectivity index (χ3n) is 3.21. The lowest BCUT2D eigenvalue weighted by molar-refractivity contribution is 0.112. The number of nitrogens with zero attached hydrogens (tertiary/aromatic N) is 2. The van der Waals surface area contributed by atoms with Crippen molar-refractivity contribution in [3.05, 3.63) is 42.0 Å². The number of hydrogen-bond donors (Lipinski definition) is 0. The predicted molar refractivity (Wildman–Crippen MR) is 65.7 cm³/mol. The largest absolute Gasteiger partial charge is 0.298 e. The summed E-state index contributed by atoms with van der Waals surface area (Å²) in [6.07, 6.45) is 6.71. The van der Waals surface area contributed by atoms with E-state index in [0.717, 1.165) is 24.3 Å². The van der Waals surface area contributed by atoms with Gasteiger partial charge in [0.05, 0.1) is 6.20 Å². The molecular weight excluding hydrogens is 231 g/mol. The summed E-state index contributed by atoms with van der Waals surface area (Å²) < 4.78 is 15.6. The predicted octanol–water partition coefficient (Wildman–Crippen LogP) is 2.91. The number of aldehydes is 1. The molecule has 3 rings (SSSR count). The molecule has 1 aliphatic rings. The van der Waals surface area contributed by atoms with Gasteiger partial charge in [-0.25, -0.2) is 4.39 Å². The topological polar surface area (TPSA) is 34.9 Å². The summed E-state index contributed by atoms with van der Waals surface area (Å²) in [6.45, 7) is 0.898. The lowest BCUT2D eigenvalue weighted by Crippen LogP contribution is -1.99. The van der Waals surface area contributed by atoms with Crippen LogP contribution in [-0.2, 0) is 6.54 Å². The highest BCUT2D eigenvalue weighted by atomic mass is 19.1. The van der Waals surface area contributed by atoms with Gasteiger partial charge in [-0.3, -0.25) is 9.48 Å². The second-order valence-corrected chi connectivity index (χ2v) is 4.75. The zero-order valence-electron chi connectivity index (χ0n) is 9.84. The molecule has 1 saturated carbocycles. The van der Waals surface area contributed by atoms with Gasteiger partial charge in [-0.2, -0.15) is 5.10 Å². The minimum absolute atomic E-state index is 0.327. The molecule has 92 valence electrons. The van der Waals surface area contributed by atoms with E-state index in [9.17, 15) is 9.18 Å². The van der Waals surface area contributed by atoms with E-state index >= 15 is 0 Å². The molecule has 2 aromatic rings. The van der Waals surface area contributed by atoms with Crippen LogP contribution in [0.5, 0.6) is 0 Å². The summed E-state index contributed by atoms with van der Waals surface area (Å²) in [6, 6.07) is 4.35. The Morgan fingerprint density at radius 1 is 1.44 bits per heavy atom. The molecule has 0 N–H and O–H groups in total. The normalized spacial score (nSPS) is 14.7. The summed E-state index contributed by atoms with van der Waals surface area (Å²) in [5.41, 5.74) is 1.62. The molecule has 0 bridgehead atoms. The van der Waals surface area contributed by atoms with E-state index in [4.69, 9.17) is 0 Å². The SMILES string of the molecule is O=Cc1ccc(F)c(-c2cnn(CC3CC3)c2)c1. The van der Waals surface area contributed by atoms with E-state index < -0.39 is 0 Å². The number of benzene rings is 1. The van der Waals surface area contributed by atoms with Crippen LogP contribution in [0.2, 0.25) is 0 Å². The lowest BCUT2D eigenvalue weighted by Gasteiger charge is -2.01. The molecule has 0 saturated heterocycles. The molecule has 1 aliphatic carbocycles. The van der Waals surface area contributed by atoms with Crippen molar-refractivity contribution < 1.29 is 9.18 Å². The summed E-state index contributed by atoms with van der Waals surface area (Å²) in [4.78, 5) is 10.7. The molecule has 3 nitrogen and oxygen atoms in total. The van der Waals surface area contributed by atoms with E-state index in [1.165, 1.54) is 25.0 Å². The highest BCUT2D eigenvalue weighted by molar-refractivity contribution is 5.78. The Morgan fingerprint density at radius 2 is 2.28 bits per heavy atom. The first kappa shape index (κ1) is 11.1. The average molecular weight is 244 g/mol. The highest BCUT2D eigenvalue weighted by Crippen LogP contribution is 2.31. The maximum Gasteiger partial charge on any atom is 0.150 e. The van der Waals surface area contributed by atoms with Crippen molar-refractivity contribution in [1.82, 2.24) is 9.78 Å². The summed E-state index contributed by atoms with van der Waals surface area (Å²) in [5, 5.41) is 4.23. The fraction of sp³-hybridized carbons (Fsp3) is 0.286. The van der Waals surface area contributed by atoms with Gasteiger partial charge in [0, 0.05) is 29.4 Å². The van der Waals surface area contributed by atoms with Crippen molar-refractivity contribution >= 4 is 6.29 Å². The molecule has 1 aromatic heterocycles. The first-order valence-corrected chi connectivity index (χ1v) is 6.04. The zero-order chi connectivity index (χ0) is 12.5. The highest BCUT2D eigenvalue weighted by Gasteiger charge is 2.22.